The van der Waals surface area contributed by atoms with E-state index in [0.717, 1.165) is 35.7 Å². The van der Waals surface area contributed by atoms with Gasteiger partial charge in [0.15, 0.2) is 0 Å². The van der Waals surface area contributed by atoms with E-state index in [1.165, 1.54) is 31.4 Å². The van der Waals surface area contributed by atoms with E-state index in [9.17, 15) is 9.18 Å². The number of aromatic nitrogens is 2. The lowest BCUT2D eigenvalue weighted by Crippen LogP contribution is -2.29. The molecule has 0 aliphatic carbocycles. The first kappa shape index (κ1) is 25.2. The highest BCUT2D eigenvalue weighted by atomic mass is 35.5. The van der Waals surface area contributed by atoms with Crippen LogP contribution in [0.25, 0.3) is 11.3 Å². The van der Waals surface area contributed by atoms with Gasteiger partial charge < -0.3 is 14.8 Å². The van der Waals surface area contributed by atoms with Gasteiger partial charge in [0.1, 0.15) is 5.82 Å². The van der Waals surface area contributed by atoms with Gasteiger partial charge in [0.05, 0.1) is 34.1 Å². The van der Waals surface area contributed by atoms with Crippen molar-refractivity contribution >= 4 is 34.6 Å². The molecule has 3 heterocycles. The number of halogens is 2. The van der Waals surface area contributed by atoms with Crippen molar-refractivity contribution in [1.82, 2.24) is 9.55 Å². The second-order valence-electron chi connectivity index (χ2n) is 10.6. The van der Waals surface area contributed by atoms with E-state index in [1.54, 1.807) is 24.7 Å². The molecule has 37 heavy (non-hydrogen) atoms. The average molecular weight is 520 g/mol. The van der Waals surface area contributed by atoms with Crippen LogP contribution in [0.15, 0.2) is 65.6 Å². The SMILES string of the molecule is CC(C)(C)n1cnc(-c2ccc(F)cc2)c1C1=NC=C(C(=O)Nc2ccc(N3CCCCC3)cc2Cl)C1. The summed E-state index contributed by atoms with van der Waals surface area (Å²) in [4.78, 5) is 24.7. The molecule has 1 N–H and O–H groups in total. The third-order valence-corrected chi connectivity index (χ3v) is 7.14. The Hall–Kier alpha value is -3.45. The molecule has 0 atom stereocenters. The van der Waals surface area contributed by atoms with Gasteiger partial charge in [0, 0.05) is 48.1 Å². The Bertz CT molecular complexity index is 1380. The predicted molar refractivity (Wildman–Crippen MR) is 148 cm³/mol. The van der Waals surface area contributed by atoms with E-state index in [-0.39, 0.29) is 17.3 Å². The molecule has 1 aromatic heterocycles. The number of anilines is 2. The van der Waals surface area contributed by atoms with Crippen molar-refractivity contribution in [2.24, 2.45) is 4.99 Å². The molecular formula is C29H31ClFN5O. The van der Waals surface area contributed by atoms with Gasteiger partial charge in [-0.3, -0.25) is 9.79 Å². The molecule has 1 fully saturated rings. The highest BCUT2D eigenvalue weighted by molar-refractivity contribution is 6.34. The zero-order valence-electron chi connectivity index (χ0n) is 21.4. The third kappa shape index (κ3) is 5.32. The van der Waals surface area contributed by atoms with Gasteiger partial charge in [-0.15, -0.1) is 0 Å². The zero-order chi connectivity index (χ0) is 26.2. The van der Waals surface area contributed by atoms with Crippen LogP contribution >= 0.6 is 11.6 Å². The Labute approximate surface area is 221 Å². The Kier molecular flexibility index (Phi) is 6.90. The number of amides is 1. The normalized spacial score (nSPS) is 16.0. The fourth-order valence-electron chi connectivity index (χ4n) is 4.82. The number of rotatable bonds is 5. The highest BCUT2D eigenvalue weighted by Crippen LogP contribution is 2.33. The maximum Gasteiger partial charge on any atom is 0.253 e. The summed E-state index contributed by atoms with van der Waals surface area (Å²) in [5.41, 5.74) is 4.99. The Morgan fingerprint density at radius 3 is 2.46 bits per heavy atom. The fraction of sp³-hybridized carbons (Fsp3) is 0.345. The molecule has 2 aromatic carbocycles. The molecular weight excluding hydrogens is 489 g/mol. The molecule has 0 spiro atoms. The summed E-state index contributed by atoms with van der Waals surface area (Å²) in [6.45, 7) is 8.30. The summed E-state index contributed by atoms with van der Waals surface area (Å²) >= 11 is 6.55. The van der Waals surface area contributed by atoms with Gasteiger partial charge in [0.25, 0.3) is 5.91 Å². The molecule has 0 unspecified atom stereocenters. The minimum absolute atomic E-state index is 0.239. The van der Waals surface area contributed by atoms with Gasteiger partial charge in [0.2, 0.25) is 0 Å². The summed E-state index contributed by atoms with van der Waals surface area (Å²) in [5, 5.41) is 3.46. The van der Waals surface area contributed by atoms with Gasteiger partial charge in [-0.25, -0.2) is 9.37 Å². The molecule has 2 aliphatic heterocycles. The highest BCUT2D eigenvalue weighted by Gasteiger charge is 2.28. The first-order valence-electron chi connectivity index (χ1n) is 12.7. The van der Waals surface area contributed by atoms with Crippen LogP contribution in [0.4, 0.5) is 15.8 Å². The molecule has 8 heteroatoms. The Balaban J connectivity index is 1.34. The van der Waals surface area contributed by atoms with Crippen LogP contribution in [0.1, 0.15) is 52.1 Å². The third-order valence-electron chi connectivity index (χ3n) is 6.83. The van der Waals surface area contributed by atoms with Crippen LogP contribution in [0.3, 0.4) is 0 Å². The second-order valence-corrected chi connectivity index (χ2v) is 11.0. The number of nitrogens with one attached hydrogen (secondary N) is 1. The lowest BCUT2D eigenvalue weighted by Gasteiger charge is -2.29. The van der Waals surface area contributed by atoms with Crippen LogP contribution in [-0.2, 0) is 10.3 Å². The summed E-state index contributed by atoms with van der Waals surface area (Å²) in [5.74, 6) is -0.543. The van der Waals surface area contributed by atoms with E-state index in [1.807, 2.05) is 18.2 Å². The van der Waals surface area contributed by atoms with Crippen LogP contribution in [0.2, 0.25) is 5.02 Å². The van der Waals surface area contributed by atoms with Crippen LogP contribution in [0, 0.1) is 5.82 Å². The van der Waals surface area contributed by atoms with E-state index in [2.05, 4.69) is 45.5 Å². The lowest BCUT2D eigenvalue weighted by atomic mass is 10.0. The number of carbonyl (C=O) groups excluding carboxylic acids is 1. The van der Waals surface area contributed by atoms with Crippen molar-refractivity contribution in [3.63, 3.8) is 0 Å². The molecule has 0 radical (unpaired) electrons. The first-order chi connectivity index (χ1) is 17.7. The lowest BCUT2D eigenvalue weighted by molar-refractivity contribution is -0.112. The summed E-state index contributed by atoms with van der Waals surface area (Å²) < 4.78 is 15.6. The monoisotopic (exact) mass is 519 g/mol. The maximum atomic E-state index is 13.5. The van der Waals surface area contributed by atoms with Gasteiger partial charge in [-0.2, -0.15) is 0 Å². The maximum absolute atomic E-state index is 13.5. The van der Waals surface area contributed by atoms with Crippen molar-refractivity contribution in [1.29, 1.82) is 0 Å². The van der Waals surface area contributed by atoms with Gasteiger partial charge >= 0.3 is 0 Å². The number of hydrogen-bond acceptors (Lipinski definition) is 4. The molecule has 5 rings (SSSR count). The van der Waals surface area contributed by atoms with Crippen molar-refractivity contribution in [3.05, 3.63) is 77.1 Å². The molecule has 1 amide bonds. The smallest absolute Gasteiger partial charge is 0.253 e. The number of aliphatic imine (C=N–C) groups is 1. The number of benzene rings is 2. The van der Waals surface area contributed by atoms with E-state index in [0.29, 0.717) is 28.4 Å². The topological polar surface area (TPSA) is 62.5 Å². The van der Waals surface area contributed by atoms with Crippen LogP contribution < -0.4 is 10.2 Å². The fourth-order valence-corrected chi connectivity index (χ4v) is 5.04. The van der Waals surface area contributed by atoms with Crippen molar-refractivity contribution in [3.8, 4) is 11.3 Å². The summed E-state index contributed by atoms with van der Waals surface area (Å²) in [7, 11) is 0. The minimum atomic E-state index is -0.304. The van der Waals surface area contributed by atoms with E-state index in [4.69, 9.17) is 11.6 Å². The molecule has 6 nitrogen and oxygen atoms in total. The Morgan fingerprint density at radius 2 is 1.78 bits per heavy atom. The molecule has 0 bridgehead atoms. The molecule has 2 aliphatic rings. The average Bonchev–Trinajstić information content (AvgIpc) is 3.54. The standard InChI is InChI=1S/C29H31ClFN5O/c1-29(2,3)36-18-33-26(19-7-9-21(31)10-8-19)27(36)25-15-20(17-32-25)28(37)34-24-12-11-22(16-23(24)30)35-13-5-4-6-14-35/h7-12,16-18H,4-6,13-15H2,1-3H3,(H,34,37). The number of carbonyl (C=O) groups is 1. The van der Waals surface area contributed by atoms with Crippen molar-refractivity contribution < 1.29 is 9.18 Å². The molecule has 192 valence electrons. The van der Waals surface area contributed by atoms with Crippen molar-refractivity contribution in [2.75, 3.05) is 23.3 Å². The van der Waals surface area contributed by atoms with E-state index >= 15 is 0 Å². The second kappa shape index (κ2) is 10.1. The number of piperidine rings is 1. The number of imidazole rings is 1. The van der Waals surface area contributed by atoms with Gasteiger partial charge in [-0.05, 0) is 82.5 Å². The zero-order valence-corrected chi connectivity index (χ0v) is 22.1. The van der Waals surface area contributed by atoms with Gasteiger partial charge in [-0.1, -0.05) is 11.6 Å². The summed E-state index contributed by atoms with van der Waals surface area (Å²) in [6, 6.07) is 12.1. The predicted octanol–water partition coefficient (Wildman–Crippen LogP) is 6.80. The van der Waals surface area contributed by atoms with Crippen LogP contribution in [0.5, 0.6) is 0 Å². The molecule has 3 aromatic rings. The van der Waals surface area contributed by atoms with E-state index < -0.39 is 0 Å². The van der Waals surface area contributed by atoms with Crippen LogP contribution in [-0.4, -0.2) is 34.3 Å². The quantitative estimate of drug-likeness (QED) is 0.403. The summed E-state index contributed by atoms with van der Waals surface area (Å²) in [6.07, 6.45) is 7.37. The number of nitrogens with zero attached hydrogens (tertiary/aromatic N) is 4. The Morgan fingerprint density at radius 1 is 1.05 bits per heavy atom. The molecule has 1 saturated heterocycles. The largest absolute Gasteiger partial charge is 0.371 e. The first-order valence-corrected chi connectivity index (χ1v) is 13.0. The minimum Gasteiger partial charge on any atom is -0.371 e. The van der Waals surface area contributed by atoms with Crippen molar-refractivity contribution in [2.45, 2.75) is 52.0 Å². The molecule has 0 saturated carbocycles. The number of hydrogen-bond donors (Lipinski definition) is 1.